The molecule has 0 fully saturated rings. The van der Waals surface area contributed by atoms with Crippen LogP contribution in [0.25, 0.3) is 10.8 Å². The number of benzene rings is 3. The molecule has 3 heteroatoms. The highest BCUT2D eigenvalue weighted by Gasteiger charge is 2.15. The highest BCUT2D eigenvalue weighted by molar-refractivity contribution is 6.35. The van der Waals surface area contributed by atoms with E-state index in [9.17, 15) is 0 Å². The highest BCUT2D eigenvalue weighted by Crippen LogP contribution is 2.31. The van der Waals surface area contributed by atoms with Crippen LogP contribution in [0.15, 0.2) is 60.7 Å². The van der Waals surface area contributed by atoms with E-state index in [0.29, 0.717) is 10.0 Å². The highest BCUT2D eigenvalue weighted by atomic mass is 35.5. The molecular formula is C18H15Cl2N. The summed E-state index contributed by atoms with van der Waals surface area (Å²) >= 11 is 12.3. The van der Waals surface area contributed by atoms with E-state index < -0.39 is 0 Å². The summed E-state index contributed by atoms with van der Waals surface area (Å²) in [5.41, 5.74) is 2.21. The van der Waals surface area contributed by atoms with Crippen LogP contribution in [0.5, 0.6) is 0 Å². The second-order valence-electron chi connectivity index (χ2n) is 4.99. The molecule has 3 rings (SSSR count). The smallest absolute Gasteiger partial charge is 0.0589 e. The summed E-state index contributed by atoms with van der Waals surface area (Å²) in [5, 5.41) is 7.12. The molecule has 1 atom stereocenters. The fourth-order valence-corrected chi connectivity index (χ4v) is 3.14. The van der Waals surface area contributed by atoms with Gasteiger partial charge in [-0.2, -0.15) is 0 Å². The van der Waals surface area contributed by atoms with Gasteiger partial charge in [0.05, 0.1) is 6.04 Å². The molecule has 0 heterocycles. The second-order valence-corrected chi connectivity index (χ2v) is 5.84. The fraction of sp³-hybridized carbons (Fsp3) is 0.111. The van der Waals surface area contributed by atoms with E-state index >= 15 is 0 Å². The third-order valence-electron chi connectivity index (χ3n) is 3.67. The molecule has 0 aliphatic rings. The summed E-state index contributed by atoms with van der Waals surface area (Å²) in [6, 6.07) is 20.5. The maximum absolute atomic E-state index is 6.35. The molecule has 0 bridgehead atoms. The molecule has 0 saturated heterocycles. The number of rotatable bonds is 3. The van der Waals surface area contributed by atoms with Gasteiger partial charge in [0.2, 0.25) is 0 Å². The van der Waals surface area contributed by atoms with Gasteiger partial charge in [0, 0.05) is 10.0 Å². The van der Waals surface area contributed by atoms with Gasteiger partial charge in [0.15, 0.2) is 0 Å². The van der Waals surface area contributed by atoms with Crippen LogP contribution in [0.2, 0.25) is 10.0 Å². The van der Waals surface area contributed by atoms with Crippen LogP contribution < -0.4 is 5.32 Å². The number of fused-ring (bicyclic) bond motifs is 1. The molecule has 0 aliphatic heterocycles. The van der Waals surface area contributed by atoms with Crippen molar-refractivity contribution in [1.82, 2.24) is 5.32 Å². The lowest BCUT2D eigenvalue weighted by molar-refractivity contribution is 0.693. The quantitative estimate of drug-likeness (QED) is 0.677. The van der Waals surface area contributed by atoms with Crippen molar-refractivity contribution in [3.8, 4) is 0 Å². The Morgan fingerprint density at radius 2 is 1.62 bits per heavy atom. The second kappa shape index (κ2) is 6.07. The number of hydrogen-bond acceptors (Lipinski definition) is 1. The number of halogens is 2. The first-order chi connectivity index (χ1) is 10.2. The first-order valence-corrected chi connectivity index (χ1v) is 7.55. The monoisotopic (exact) mass is 315 g/mol. The average Bonchev–Trinajstić information content (AvgIpc) is 2.50. The third kappa shape index (κ3) is 2.91. The lowest BCUT2D eigenvalue weighted by atomic mass is 9.96. The lowest BCUT2D eigenvalue weighted by Crippen LogP contribution is -2.18. The third-order valence-corrected chi connectivity index (χ3v) is 4.23. The SMILES string of the molecule is CNC(c1ccc2ccccc2c1)c1ccc(Cl)cc1Cl. The summed E-state index contributed by atoms with van der Waals surface area (Å²) < 4.78 is 0. The van der Waals surface area contributed by atoms with Gasteiger partial charge in [0.1, 0.15) is 0 Å². The predicted molar refractivity (Wildman–Crippen MR) is 91.3 cm³/mol. The molecule has 0 saturated carbocycles. The number of hydrogen-bond donors (Lipinski definition) is 1. The standard InChI is InChI=1S/C18H15Cl2N/c1-21-18(16-9-8-15(19)11-17(16)20)14-7-6-12-4-2-3-5-13(12)10-14/h2-11,18,21H,1H3. The minimum Gasteiger partial charge on any atom is -0.309 e. The molecule has 3 aromatic carbocycles. The van der Waals surface area contributed by atoms with E-state index in [1.54, 1.807) is 6.07 Å². The largest absolute Gasteiger partial charge is 0.309 e. The van der Waals surface area contributed by atoms with E-state index in [1.807, 2.05) is 25.2 Å². The molecule has 1 N–H and O–H groups in total. The van der Waals surface area contributed by atoms with E-state index in [4.69, 9.17) is 23.2 Å². The van der Waals surface area contributed by atoms with Crippen molar-refractivity contribution in [3.63, 3.8) is 0 Å². The van der Waals surface area contributed by atoms with Crippen LogP contribution in [0.3, 0.4) is 0 Å². The van der Waals surface area contributed by atoms with Crippen molar-refractivity contribution in [2.75, 3.05) is 7.05 Å². The fourth-order valence-electron chi connectivity index (χ4n) is 2.62. The lowest BCUT2D eigenvalue weighted by Gasteiger charge is -2.19. The predicted octanol–water partition coefficient (Wildman–Crippen LogP) is 5.46. The van der Waals surface area contributed by atoms with Gasteiger partial charge in [-0.1, -0.05) is 65.7 Å². The molecule has 0 radical (unpaired) electrons. The maximum Gasteiger partial charge on any atom is 0.0589 e. The molecular weight excluding hydrogens is 301 g/mol. The number of nitrogens with one attached hydrogen (secondary N) is 1. The van der Waals surface area contributed by atoms with Gasteiger partial charge in [-0.25, -0.2) is 0 Å². The zero-order valence-electron chi connectivity index (χ0n) is 11.6. The topological polar surface area (TPSA) is 12.0 Å². The summed E-state index contributed by atoms with van der Waals surface area (Å²) in [4.78, 5) is 0. The maximum atomic E-state index is 6.35. The van der Waals surface area contributed by atoms with Gasteiger partial charge in [-0.3, -0.25) is 0 Å². The van der Waals surface area contributed by atoms with Gasteiger partial charge < -0.3 is 5.32 Å². The van der Waals surface area contributed by atoms with Gasteiger partial charge >= 0.3 is 0 Å². The Hall–Kier alpha value is -1.54. The van der Waals surface area contributed by atoms with Gasteiger partial charge in [-0.15, -0.1) is 0 Å². The molecule has 106 valence electrons. The average molecular weight is 316 g/mol. The zero-order chi connectivity index (χ0) is 14.8. The van der Waals surface area contributed by atoms with Crippen molar-refractivity contribution >= 4 is 34.0 Å². The van der Waals surface area contributed by atoms with Crippen molar-refractivity contribution in [2.45, 2.75) is 6.04 Å². The summed E-state index contributed by atoms with van der Waals surface area (Å²) in [6.45, 7) is 0. The van der Waals surface area contributed by atoms with E-state index in [-0.39, 0.29) is 6.04 Å². The molecule has 0 aliphatic carbocycles. The Kier molecular flexibility index (Phi) is 4.16. The van der Waals surface area contributed by atoms with Crippen LogP contribution >= 0.6 is 23.2 Å². The molecule has 1 unspecified atom stereocenters. The normalized spacial score (nSPS) is 12.5. The minimum absolute atomic E-state index is 0.0411. The minimum atomic E-state index is 0.0411. The van der Waals surface area contributed by atoms with Crippen molar-refractivity contribution in [1.29, 1.82) is 0 Å². The molecule has 3 aromatic rings. The Bertz CT molecular complexity index is 783. The van der Waals surface area contributed by atoms with Crippen LogP contribution in [-0.2, 0) is 0 Å². The molecule has 21 heavy (non-hydrogen) atoms. The van der Waals surface area contributed by atoms with E-state index in [2.05, 4.69) is 41.7 Å². The molecule has 0 amide bonds. The molecule has 0 spiro atoms. The Labute approximate surface area is 134 Å². The van der Waals surface area contributed by atoms with Crippen LogP contribution in [0.4, 0.5) is 0 Å². The Morgan fingerprint density at radius 3 is 2.33 bits per heavy atom. The Balaban J connectivity index is 2.09. The van der Waals surface area contributed by atoms with Gasteiger partial charge in [-0.05, 0) is 47.1 Å². The first kappa shape index (κ1) is 14.4. The van der Waals surface area contributed by atoms with Crippen molar-refractivity contribution in [3.05, 3.63) is 81.8 Å². The molecule has 0 aromatic heterocycles. The first-order valence-electron chi connectivity index (χ1n) is 6.80. The Morgan fingerprint density at radius 1 is 0.857 bits per heavy atom. The van der Waals surface area contributed by atoms with Crippen LogP contribution in [0.1, 0.15) is 17.2 Å². The van der Waals surface area contributed by atoms with Crippen molar-refractivity contribution < 1.29 is 0 Å². The summed E-state index contributed by atoms with van der Waals surface area (Å²) in [5.74, 6) is 0. The summed E-state index contributed by atoms with van der Waals surface area (Å²) in [7, 11) is 1.94. The summed E-state index contributed by atoms with van der Waals surface area (Å²) in [6.07, 6.45) is 0. The zero-order valence-corrected chi connectivity index (χ0v) is 13.1. The molecule has 1 nitrogen and oxygen atoms in total. The van der Waals surface area contributed by atoms with Crippen molar-refractivity contribution in [2.24, 2.45) is 0 Å². The van der Waals surface area contributed by atoms with E-state index in [0.717, 1.165) is 5.56 Å². The van der Waals surface area contributed by atoms with Gasteiger partial charge in [0.25, 0.3) is 0 Å². The van der Waals surface area contributed by atoms with Crippen LogP contribution in [-0.4, -0.2) is 7.05 Å². The van der Waals surface area contributed by atoms with E-state index in [1.165, 1.54) is 16.3 Å². The van der Waals surface area contributed by atoms with Crippen LogP contribution in [0, 0.1) is 0 Å².